The van der Waals surface area contributed by atoms with E-state index in [4.69, 9.17) is 4.74 Å². The van der Waals surface area contributed by atoms with Gasteiger partial charge in [0.05, 0.1) is 19.3 Å². The first-order chi connectivity index (χ1) is 11.4. The third-order valence-electron chi connectivity index (χ3n) is 3.22. The van der Waals surface area contributed by atoms with Gasteiger partial charge in [0.2, 0.25) is 5.88 Å². The average Bonchev–Trinajstić information content (AvgIpc) is 2.57. The first-order valence-corrected chi connectivity index (χ1v) is 7.03. The van der Waals surface area contributed by atoms with E-state index in [0.717, 1.165) is 12.1 Å². The summed E-state index contributed by atoms with van der Waals surface area (Å²) in [5.41, 5.74) is 0.735. The van der Waals surface area contributed by atoms with Crippen molar-refractivity contribution in [3.8, 4) is 5.88 Å². The molecule has 2 amide bonds. The van der Waals surface area contributed by atoms with Crippen LogP contribution in [-0.4, -0.2) is 30.1 Å². The van der Waals surface area contributed by atoms with Crippen molar-refractivity contribution in [1.29, 1.82) is 0 Å². The topological polar surface area (TPSA) is 54.5 Å². The molecule has 0 fully saturated rings. The van der Waals surface area contributed by atoms with Crippen LogP contribution in [0.5, 0.6) is 5.88 Å². The molecular weight excluding hydrogens is 323 g/mol. The number of carbonyl (C=O) groups is 1. The average molecular weight is 339 g/mol. The predicted molar refractivity (Wildman–Crippen MR) is 80.8 cm³/mol. The largest absolute Gasteiger partial charge is 0.481 e. The van der Waals surface area contributed by atoms with E-state index in [0.29, 0.717) is 11.6 Å². The van der Waals surface area contributed by atoms with E-state index >= 15 is 0 Å². The lowest BCUT2D eigenvalue weighted by Crippen LogP contribution is -2.36. The molecular formula is C16H16F3N3O2. The third-order valence-corrected chi connectivity index (χ3v) is 3.22. The number of carbonyl (C=O) groups excluding carboxylic acids is 1. The lowest BCUT2D eigenvalue weighted by atomic mass is 10.2. The summed E-state index contributed by atoms with van der Waals surface area (Å²) >= 11 is 0. The normalized spacial score (nSPS) is 10.4. The van der Waals surface area contributed by atoms with Gasteiger partial charge in [0.1, 0.15) is 0 Å². The Morgan fingerprint density at radius 2 is 1.92 bits per heavy atom. The third kappa shape index (κ3) is 4.37. The highest BCUT2D eigenvalue weighted by atomic mass is 19.2. The van der Waals surface area contributed by atoms with Crippen molar-refractivity contribution in [3.05, 3.63) is 59.0 Å². The number of methoxy groups -OCH3 is 1. The van der Waals surface area contributed by atoms with Gasteiger partial charge in [0.25, 0.3) is 0 Å². The molecule has 5 nitrogen and oxygen atoms in total. The number of halogens is 3. The lowest BCUT2D eigenvalue weighted by Gasteiger charge is -2.18. The van der Waals surface area contributed by atoms with E-state index in [1.54, 1.807) is 18.2 Å². The molecule has 0 spiro atoms. The fourth-order valence-electron chi connectivity index (χ4n) is 2.02. The van der Waals surface area contributed by atoms with Gasteiger partial charge in [-0.15, -0.1) is 0 Å². The van der Waals surface area contributed by atoms with E-state index in [9.17, 15) is 18.0 Å². The summed E-state index contributed by atoms with van der Waals surface area (Å²) in [5, 5.41) is 2.62. The van der Waals surface area contributed by atoms with Gasteiger partial charge in [-0.25, -0.2) is 22.9 Å². The number of rotatable bonds is 5. The zero-order valence-electron chi connectivity index (χ0n) is 13.1. The van der Waals surface area contributed by atoms with Crippen molar-refractivity contribution in [2.75, 3.05) is 14.2 Å². The molecule has 2 aromatic rings. The summed E-state index contributed by atoms with van der Waals surface area (Å²) in [6, 6.07) is 6.37. The Labute approximate surface area is 137 Å². The molecule has 0 saturated carbocycles. The smallest absolute Gasteiger partial charge is 0.317 e. The van der Waals surface area contributed by atoms with Crippen molar-refractivity contribution in [2.45, 2.75) is 13.1 Å². The number of urea groups is 1. The number of pyridine rings is 1. The number of hydrogen-bond donors (Lipinski definition) is 1. The van der Waals surface area contributed by atoms with Crippen LogP contribution < -0.4 is 10.1 Å². The summed E-state index contributed by atoms with van der Waals surface area (Å²) in [4.78, 5) is 17.4. The van der Waals surface area contributed by atoms with Crippen molar-refractivity contribution < 1.29 is 22.7 Å². The Morgan fingerprint density at radius 3 is 2.54 bits per heavy atom. The lowest BCUT2D eigenvalue weighted by molar-refractivity contribution is 0.206. The Hall–Kier alpha value is -2.77. The number of nitrogens with zero attached hydrogens (tertiary/aromatic N) is 2. The van der Waals surface area contributed by atoms with Crippen LogP contribution in [0.1, 0.15) is 11.3 Å². The molecule has 128 valence electrons. The van der Waals surface area contributed by atoms with E-state index in [1.807, 2.05) is 0 Å². The van der Waals surface area contributed by atoms with Crippen LogP contribution >= 0.6 is 0 Å². The summed E-state index contributed by atoms with van der Waals surface area (Å²) in [6.45, 7) is 0.0814. The van der Waals surface area contributed by atoms with Crippen LogP contribution in [0.25, 0.3) is 0 Å². The SMILES string of the molecule is COc1cccc(CNC(=O)N(C)Cc2cc(F)c(F)c(F)c2)n1. The van der Waals surface area contributed by atoms with Crippen LogP contribution in [0.3, 0.4) is 0 Å². The molecule has 1 heterocycles. The fourth-order valence-corrected chi connectivity index (χ4v) is 2.02. The molecule has 1 aromatic carbocycles. The molecule has 24 heavy (non-hydrogen) atoms. The van der Waals surface area contributed by atoms with Gasteiger partial charge >= 0.3 is 6.03 Å². The number of benzene rings is 1. The molecule has 0 atom stereocenters. The predicted octanol–water partition coefficient (Wildman–Crippen LogP) is 2.85. The molecule has 0 aliphatic carbocycles. The van der Waals surface area contributed by atoms with Crippen LogP contribution in [0.4, 0.5) is 18.0 Å². The van der Waals surface area contributed by atoms with Crippen LogP contribution in [-0.2, 0) is 13.1 Å². The highest BCUT2D eigenvalue weighted by Crippen LogP contribution is 2.15. The molecule has 0 bridgehead atoms. The molecule has 0 radical (unpaired) electrons. The van der Waals surface area contributed by atoms with Gasteiger partial charge in [0.15, 0.2) is 17.5 Å². The van der Waals surface area contributed by atoms with Gasteiger partial charge < -0.3 is 15.0 Å². The maximum atomic E-state index is 13.2. The van der Waals surface area contributed by atoms with Crippen LogP contribution in [0, 0.1) is 17.5 Å². The summed E-state index contributed by atoms with van der Waals surface area (Å²) in [7, 11) is 2.94. The summed E-state index contributed by atoms with van der Waals surface area (Å²) in [6.07, 6.45) is 0. The monoisotopic (exact) mass is 339 g/mol. The van der Waals surface area contributed by atoms with Gasteiger partial charge in [-0.3, -0.25) is 0 Å². The Balaban J connectivity index is 1.94. The summed E-state index contributed by atoms with van der Waals surface area (Å²) < 4.78 is 44.3. The van der Waals surface area contributed by atoms with E-state index in [1.165, 1.54) is 19.1 Å². The van der Waals surface area contributed by atoms with E-state index < -0.39 is 23.5 Å². The molecule has 0 aliphatic heterocycles. The minimum Gasteiger partial charge on any atom is -0.481 e. The fraction of sp³-hybridized carbons (Fsp3) is 0.250. The van der Waals surface area contributed by atoms with Gasteiger partial charge in [0, 0.05) is 19.7 Å². The second kappa shape index (κ2) is 7.67. The van der Waals surface area contributed by atoms with Crippen molar-refractivity contribution >= 4 is 6.03 Å². The minimum atomic E-state index is -1.53. The maximum absolute atomic E-state index is 13.2. The first-order valence-electron chi connectivity index (χ1n) is 7.03. The molecule has 0 saturated heterocycles. The molecule has 1 aromatic heterocycles. The Bertz CT molecular complexity index is 717. The second-order valence-electron chi connectivity index (χ2n) is 5.06. The Kier molecular flexibility index (Phi) is 5.62. The second-order valence-corrected chi connectivity index (χ2v) is 5.06. The molecule has 0 aliphatic rings. The minimum absolute atomic E-state index is 0.0779. The molecule has 8 heteroatoms. The standard InChI is InChI=1S/C16H16F3N3O2/c1-22(9-10-6-12(17)15(19)13(18)7-10)16(23)20-8-11-4-3-5-14(21-11)24-2/h3-7H,8-9H2,1-2H3,(H,20,23). The van der Waals surface area contributed by atoms with Crippen molar-refractivity contribution in [2.24, 2.45) is 0 Å². The van der Waals surface area contributed by atoms with Gasteiger partial charge in [-0.2, -0.15) is 0 Å². The van der Waals surface area contributed by atoms with Crippen molar-refractivity contribution in [1.82, 2.24) is 15.2 Å². The summed E-state index contributed by atoms with van der Waals surface area (Å²) in [5.74, 6) is -3.69. The maximum Gasteiger partial charge on any atom is 0.317 e. The van der Waals surface area contributed by atoms with E-state index in [-0.39, 0.29) is 18.7 Å². The zero-order chi connectivity index (χ0) is 17.7. The molecule has 1 N–H and O–H groups in total. The number of aromatic nitrogens is 1. The molecule has 0 unspecified atom stereocenters. The number of ether oxygens (including phenoxy) is 1. The highest BCUT2D eigenvalue weighted by molar-refractivity contribution is 5.73. The van der Waals surface area contributed by atoms with E-state index in [2.05, 4.69) is 10.3 Å². The number of hydrogen-bond acceptors (Lipinski definition) is 3. The number of nitrogens with one attached hydrogen (secondary N) is 1. The quantitative estimate of drug-likeness (QED) is 0.853. The molecule has 2 rings (SSSR count). The van der Waals surface area contributed by atoms with Gasteiger partial charge in [-0.1, -0.05) is 6.07 Å². The van der Waals surface area contributed by atoms with Crippen LogP contribution in [0.2, 0.25) is 0 Å². The first kappa shape index (κ1) is 17.6. The Morgan fingerprint density at radius 1 is 1.25 bits per heavy atom. The van der Waals surface area contributed by atoms with Crippen LogP contribution in [0.15, 0.2) is 30.3 Å². The zero-order valence-corrected chi connectivity index (χ0v) is 13.1. The van der Waals surface area contributed by atoms with Crippen molar-refractivity contribution in [3.63, 3.8) is 0 Å². The van der Waals surface area contributed by atoms with Gasteiger partial charge in [-0.05, 0) is 23.8 Å². The highest BCUT2D eigenvalue weighted by Gasteiger charge is 2.14. The number of amides is 2.